The molecule has 8 nitrogen and oxygen atoms in total. The average molecular weight is 420 g/mol. The molecule has 1 aliphatic heterocycles. The monoisotopic (exact) mass is 419 g/mol. The molecule has 3 aromatic rings. The molecule has 4 heterocycles. The van der Waals surface area contributed by atoms with Gasteiger partial charge in [-0.1, -0.05) is 6.07 Å². The van der Waals surface area contributed by atoms with E-state index in [4.69, 9.17) is 0 Å². The normalized spacial score (nSPS) is 15.2. The topological polar surface area (TPSA) is 88.8 Å². The van der Waals surface area contributed by atoms with Crippen LogP contribution in [0.2, 0.25) is 0 Å². The van der Waals surface area contributed by atoms with Crippen molar-refractivity contribution in [1.29, 1.82) is 0 Å². The first-order chi connectivity index (χ1) is 15.1. The summed E-state index contributed by atoms with van der Waals surface area (Å²) in [5.74, 6) is 0.853. The van der Waals surface area contributed by atoms with E-state index >= 15 is 0 Å². The Bertz CT molecular complexity index is 1010. The van der Waals surface area contributed by atoms with E-state index in [2.05, 4.69) is 36.3 Å². The lowest BCUT2D eigenvalue weighted by atomic mass is 9.90. The molecule has 1 saturated heterocycles. The van der Waals surface area contributed by atoms with Crippen molar-refractivity contribution in [3.05, 3.63) is 71.3 Å². The molecular formula is C23H29N7O. The average Bonchev–Trinajstić information content (AvgIpc) is 3.22. The fourth-order valence-electron chi connectivity index (χ4n) is 4.08. The number of carbonyl (C=O) groups is 1. The Morgan fingerprint density at radius 3 is 2.74 bits per heavy atom. The molecule has 8 heteroatoms. The van der Waals surface area contributed by atoms with Crippen molar-refractivity contribution in [3.8, 4) is 0 Å². The van der Waals surface area contributed by atoms with Crippen LogP contribution in [0.15, 0.2) is 43.1 Å². The van der Waals surface area contributed by atoms with Crippen LogP contribution in [0.3, 0.4) is 0 Å². The summed E-state index contributed by atoms with van der Waals surface area (Å²) in [5.41, 5.74) is 3.70. The Kier molecular flexibility index (Phi) is 6.66. The number of aryl methyl sites for hydroxylation is 2. The van der Waals surface area contributed by atoms with Gasteiger partial charge in [-0.15, -0.1) is 0 Å². The minimum Gasteiger partial charge on any atom is -0.348 e. The predicted molar refractivity (Wildman–Crippen MR) is 118 cm³/mol. The molecular weight excluding hydrogens is 390 g/mol. The van der Waals surface area contributed by atoms with Crippen LogP contribution in [0.4, 0.5) is 0 Å². The second-order valence-electron chi connectivity index (χ2n) is 8.15. The van der Waals surface area contributed by atoms with Gasteiger partial charge in [0.05, 0.1) is 17.5 Å². The van der Waals surface area contributed by atoms with E-state index in [9.17, 15) is 4.79 Å². The number of piperidine rings is 1. The van der Waals surface area contributed by atoms with Crippen molar-refractivity contribution in [3.63, 3.8) is 0 Å². The molecule has 1 amide bonds. The van der Waals surface area contributed by atoms with Crippen LogP contribution >= 0.6 is 0 Å². The quantitative estimate of drug-likeness (QED) is 0.632. The number of amides is 1. The van der Waals surface area contributed by atoms with Crippen LogP contribution in [-0.4, -0.2) is 55.2 Å². The Labute approximate surface area is 182 Å². The molecule has 0 unspecified atom stereocenters. The molecule has 1 N–H and O–H groups in total. The van der Waals surface area contributed by atoms with E-state index in [1.54, 1.807) is 17.1 Å². The molecule has 4 rings (SSSR count). The highest BCUT2D eigenvalue weighted by Crippen LogP contribution is 2.29. The number of likely N-dealkylation sites (tertiary alicyclic amines) is 1. The molecule has 1 aliphatic rings. The van der Waals surface area contributed by atoms with Crippen LogP contribution in [0.25, 0.3) is 0 Å². The van der Waals surface area contributed by atoms with E-state index in [1.807, 2.05) is 38.6 Å². The van der Waals surface area contributed by atoms with Crippen molar-refractivity contribution < 1.29 is 4.79 Å². The fraction of sp³-hybridized carbons (Fsp3) is 0.435. The summed E-state index contributed by atoms with van der Waals surface area (Å²) in [6, 6.07) is 4.11. The first-order valence-corrected chi connectivity index (χ1v) is 10.8. The van der Waals surface area contributed by atoms with Gasteiger partial charge in [0.25, 0.3) is 5.91 Å². The largest absolute Gasteiger partial charge is 0.348 e. The van der Waals surface area contributed by atoms with E-state index in [1.165, 1.54) is 5.56 Å². The summed E-state index contributed by atoms with van der Waals surface area (Å²) in [5, 5.41) is 7.13. The molecule has 0 aromatic carbocycles. The SMILES string of the molecule is Cc1ncc(C(=O)NCc2cnn(C)c2)c(C2CCN(CCc3cccnc3)CC2)n1. The van der Waals surface area contributed by atoms with E-state index in [0.717, 1.165) is 50.2 Å². The molecule has 0 saturated carbocycles. The smallest absolute Gasteiger partial charge is 0.254 e. The lowest BCUT2D eigenvalue weighted by Crippen LogP contribution is -2.35. The second kappa shape index (κ2) is 9.78. The molecule has 1 fully saturated rings. The molecule has 0 radical (unpaired) electrons. The van der Waals surface area contributed by atoms with Gasteiger partial charge in [0.1, 0.15) is 5.82 Å². The number of hydrogen-bond donors (Lipinski definition) is 1. The second-order valence-corrected chi connectivity index (χ2v) is 8.15. The summed E-state index contributed by atoms with van der Waals surface area (Å²) >= 11 is 0. The molecule has 0 atom stereocenters. The Morgan fingerprint density at radius 1 is 1.19 bits per heavy atom. The van der Waals surface area contributed by atoms with Crippen LogP contribution in [0, 0.1) is 6.92 Å². The van der Waals surface area contributed by atoms with Gasteiger partial charge in [0, 0.05) is 56.4 Å². The van der Waals surface area contributed by atoms with Crippen LogP contribution in [-0.2, 0) is 20.0 Å². The van der Waals surface area contributed by atoms with Crippen molar-refractivity contribution in [2.75, 3.05) is 19.6 Å². The zero-order chi connectivity index (χ0) is 21.6. The van der Waals surface area contributed by atoms with Crippen LogP contribution in [0.1, 0.15) is 51.8 Å². The molecule has 31 heavy (non-hydrogen) atoms. The third-order valence-corrected chi connectivity index (χ3v) is 5.81. The maximum absolute atomic E-state index is 12.9. The summed E-state index contributed by atoms with van der Waals surface area (Å²) in [7, 11) is 1.86. The van der Waals surface area contributed by atoms with Gasteiger partial charge in [-0.3, -0.25) is 14.5 Å². The number of hydrogen-bond acceptors (Lipinski definition) is 6. The molecule has 0 aliphatic carbocycles. The number of nitrogens with zero attached hydrogens (tertiary/aromatic N) is 6. The highest BCUT2D eigenvalue weighted by atomic mass is 16.1. The first kappa shape index (κ1) is 21.1. The Balaban J connectivity index is 1.36. The Morgan fingerprint density at radius 2 is 2.03 bits per heavy atom. The number of pyridine rings is 1. The van der Waals surface area contributed by atoms with Gasteiger partial charge in [-0.2, -0.15) is 5.10 Å². The van der Waals surface area contributed by atoms with Gasteiger partial charge in [-0.05, 0) is 50.9 Å². The molecule has 3 aromatic heterocycles. The number of rotatable bonds is 7. The minimum absolute atomic E-state index is 0.127. The minimum atomic E-state index is -0.127. The lowest BCUT2D eigenvalue weighted by molar-refractivity contribution is 0.0947. The maximum atomic E-state index is 12.9. The maximum Gasteiger partial charge on any atom is 0.254 e. The van der Waals surface area contributed by atoms with Crippen LogP contribution in [0.5, 0.6) is 0 Å². The summed E-state index contributed by atoms with van der Waals surface area (Å²) < 4.78 is 1.73. The van der Waals surface area contributed by atoms with E-state index in [-0.39, 0.29) is 11.8 Å². The number of nitrogens with one attached hydrogen (secondary N) is 1. The van der Waals surface area contributed by atoms with Gasteiger partial charge in [0.2, 0.25) is 0 Å². The van der Waals surface area contributed by atoms with Crippen molar-refractivity contribution in [2.24, 2.45) is 7.05 Å². The zero-order valence-electron chi connectivity index (χ0n) is 18.2. The standard InChI is InChI=1S/C23H29N7O/c1-17-25-15-21(23(31)26-13-19-14-27-29(2)16-19)22(28-17)20-6-10-30(11-7-20)9-5-18-4-3-8-24-12-18/h3-4,8,12,14-16,20H,5-7,9-11,13H2,1-2H3,(H,26,31). The zero-order valence-corrected chi connectivity index (χ0v) is 18.2. The van der Waals surface area contributed by atoms with Crippen LogP contribution < -0.4 is 5.32 Å². The van der Waals surface area contributed by atoms with Crippen molar-refractivity contribution in [1.82, 2.24) is 34.9 Å². The van der Waals surface area contributed by atoms with Gasteiger partial charge < -0.3 is 10.2 Å². The van der Waals surface area contributed by atoms with Crippen molar-refractivity contribution >= 4 is 5.91 Å². The van der Waals surface area contributed by atoms with Gasteiger partial charge in [0.15, 0.2) is 0 Å². The summed E-state index contributed by atoms with van der Waals surface area (Å²) in [6.45, 7) is 5.35. The van der Waals surface area contributed by atoms with E-state index in [0.29, 0.717) is 17.9 Å². The predicted octanol–water partition coefficient (Wildman–Crippen LogP) is 2.27. The third kappa shape index (κ3) is 5.52. The molecule has 0 spiro atoms. The number of aromatic nitrogens is 5. The number of carbonyl (C=O) groups excluding carboxylic acids is 1. The van der Waals surface area contributed by atoms with Crippen molar-refractivity contribution in [2.45, 2.75) is 38.6 Å². The highest BCUT2D eigenvalue weighted by Gasteiger charge is 2.26. The first-order valence-electron chi connectivity index (χ1n) is 10.8. The third-order valence-electron chi connectivity index (χ3n) is 5.81. The lowest BCUT2D eigenvalue weighted by Gasteiger charge is -2.32. The summed E-state index contributed by atoms with van der Waals surface area (Å²) in [6.07, 6.45) is 12.1. The highest BCUT2D eigenvalue weighted by molar-refractivity contribution is 5.95. The van der Waals surface area contributed by atoms with Gasteiger partial charge in [-0.25, -0.2) is 9.97 Å². The molecule has 0 bridgehead atoms. The summed E-state index contributed by atoms with van der Waals surface area (Å²) in [4.78, 5) is 28.5. The fourth-order valence-corrected chi connectivity index (χ4v) is 4.08. The van der Waals surface area contributed by atoms with Gasteiger partial charge >= 0.3 is 0 Å². The molecule has 162 valence electrons. The van der Waals surface area contributed by atoms with E-state index < -0.39 is 0 Å². The Hall–Kier alpha value is -3.13.